The molecule has 1 aromatic carbocycles. The number of carbonyl (C=O) groups excluding carboxylic acids is 1. The first-order valence-corrected chi connectivity index (χ1v) is 7.89. The molecule has 1 aliphatic heterocycles. The monoisotopic (exact) mass is 334 g/mol. The van der Waals surface area contributed by atoms with E-state index in [4.69, 9.17) is 0 Å². The molecule has 0 aliphatic carbocycles. The van der Waals surface area contributed by atoms with E-state index in [-0.39, 0.29) is 29.2 Å². The summed E-state index contributed by atoms with van der Waals surface area (Å²) in [5.74, 6) is -1.59. The van der Waals surface area contributed by atoms with Gasteiger partial charge in [0.1, 0.15) is 17.3 Å². The number of amides is 1. The van der Waals surface area contributed by atoms with E-state index in [0.29, 0.717) is 18.7 Å². The van der Waals surface area contributed by atoms with Crippen LogP contribution in [0.3, 0.4) is 0 Å². The van der Waals surface area contributed by atoms with Crippen molar-refractivity contribution in [1.82, 2.24) is 20.0 Å². The van der Waals surface area contributed by atoms with E-state index < -0.39 is 11.6 Å². The number of nitrogens with one attached hydrogen (secondary N) is 1. The van der Waals surface area contributed by atoms with E-state index >= 15 is 0 Å². The normalized spacial score (nSPS) is 21.1. The Bertz CT molecular complexity index is 764. The topological polar surface area (TPSA) is 50.2 Å². The second-order valence-electron chi connectivity index (χ2n) is 6.37. The highest BCUT2D eigenvalue weighted by molar-refractivity contribution is 6.00. The van der Waals surface area contributed by atoms with Gasteiger partial charge in [0, 0.05) is 50.0 Å². The number of hydrogen-bond acceptors (Lipinski definition) is 3. The highest BCUT2D eigenvalue weighted by atomic mass is 19.1. The average molecular weight is 334 g/mol. The highest BCUT2D eigenvalue weighted by Crippen LogP contribution is 2.27. The predicted octanol–water partition coefficient (Wildman–Crippen LogP) is 2.19. The van der Waals surface area contributed by atoms with Gasteiger partial charge in [-0.25, -0.2) is 8.78 Å². The largest absolute Gasteiger partial charge is 0.335 e. The van der Waals surface area contributed by atoms with Crippen LogP contribution in [0.1, 0.15) is 24.2 Å². The summed E-state index contributed by atoms with van der Waals surface area (Å²) in [6.07, 6.45) is 1.58. The third kappa shape index (κ3) is 3.17. The van der Waals surface area contributed by atoms with Gasteiger partial charge in [-0.05, 0) is 26.0 Å². The number of carbonyl (C=O) groups is 1. The lowest BCUT2D eigenvalue weighted by molar-refractivity contribution is 0.0674. The van der Waals surface area contributed by atoms with Crippen LogP contribution in [0.5, 0.6) is 0 Å². The first-order chi connectivity index (χ1) is 11.3. The van der Waals surface area contributed by atoms with Gasteiger partial charge in [0.2, 0.25) is 0 Å². The molecule has 0 spiro atoms. The molecule has 7 heteroatoms. The molecule has 1 aromatic heterocycles. The molecule has 1 fully saturated rings. The lowest BCUT2D eigenvalue weighted by atomic mass is 10.0. The van der Waals surface area contributed by atoms with Gasteiger partial charge < -0.3 is 10.2 Å². The molecule has 0 bridgehead atoms. The van der Waals surface area contributed by atoms with Crippen LogP contribution < -0.4 is 5.32 Å². The molecule has 1 saturated heterocycles. The van der Waals surface area contributed by atoms with Gasteiger partial charge in [-0.3, -0.25) is 9.48 Å². The number of aryl methyl sites for hydroxylation is 1. The Morgan fingerprint density at radius 2 is 1.92 bits per heavy atom. The zero-order chi connectivity index (χ0) is 17.4. The number of piperazine rings is 1. The minimum Gasteiger partial charge on any atom is -0.335 e. The molecule has 24 heavy (non-hydrogen) atoms. The quantitative estimate of drug-likeness (QED) is 0.916. The van der Waals surface area contributed by atoms with Gasteiger partial charge in [0.15, 0.2) is 0 Å². The van der Waals surface area contributed by atoms with Gasteiger partial charge in [-0.15, -0.1) is 0 Å². The van der Waals surface area contributed by atoms with Crippen LogP contribution in [0.15, 0.2) is 24.4 Å². The van der Waals surface area contributed by atoms with Crippen LogP contribution in [0.25, 0.3) is 11.3 Å². The van der Waals surface area contributed by atoms with Crippen LogP contribution in [-0.2, 0) is 7.05 Å². The van der Waals surface area contributed by atoms with Crippen LogP contribution >= 0.6 is 0 Å². The van der Waals surface area contributed by atoms with Gasteiger partial charge in [-0.2, -0.15) is 5.10 Å². The maximum atomic E-state index is 14.1. The van der Waals surface area contributed by atoms with E-state index in [9.17, 15) is 13.6 Å². The van der Waals surface area contributed by atoms with Crippen molar-refractivity contribution in [3.63, 3.8) is 0 Å². The van der Waals surface area contributed by atoms with Crippen molar-refractivity contribution >= 4 is 5.91 Å². The summed E-state index contributed by atoms with van der Waals surface area (Å²) in [5.41, 5.74) is 0.680. The summed E-state index contributed by atoms with van der Waals surface area (Å²) in [5, 5.41) is 7.58. The molecule has 1 N–H and O–H groups in total. The molecule has 2 atom stereocenters. The number of aromatic nitrogens is 2. The predicted molar refractivity (Wildman–Crippen MR) is 86.5 cm³/mol. The molecule has 0 saturated carbocycles. The number of rotatable bonds is 2. The van der Waals surface area contributed by atoms with Crippen molar-refractivity contribution in [1.29, 1.82) is 0 Å². The third-order valence-corrected chi connectivity index (χ3v) is 4.09. The molecular formula is C17H20F2N4O. The Morgan fingerprint density at radius 3 is 2.54 bits per heavy atom. The van der Waals surface area contributed by atoms with E-state index in [0.717, 1.165) is 12.1 Å². The first kappa shape index (κ1) is 16.6. The Morgan fingerprint density at radius 1 is 1.25 bits per heavy atom. The number of benzene rings is 1. The van der Waals surface area contributed by atoms with Crippen LogP contribution in [-0.4, -0.2) is 45.8 Å². The lowest BCUT2D eigenvalue weighted by Gasteiger charge is -2.36. The molecule has 1 aliphatic rings. The van der Waals surface area contributed by atoms with Crippen molar-refractivity contribution in [2.45, 2.75) is 25.9 Å². The van der Waals surface area contributed by atoms with Gasteiger partial charge in [0.25, 0.3) is 5.91 Å². The summed E-state index contributed by atoms with van der Waals surface area (Å²) in [6, 6.07) is 3.64. The Hall–Kier alpha value is -2.28. The van der Waals surface area contributed by atoms with Gasteiger partial charge in [-0.1, -0.05) is 0 Å². The molecule has 5 nitrogen and oxygen atoms in total. The van der Waals surface area contributed by atoms with Crippen molar-refractivity contribution < 1.29 is 13.6 Å². The summed E-state index contributed by atoms with van der Waals surface area (Å²) < 4.78 is 28.8. The zero-order valence-corrected chi connectivity index (χ0v) is 13.9. The zero-order valence-electron chi connectivity index (χ0n) is 13.9. The second kappa shape index (κ2) is 6.32. The number of nitrogens with zero attached hydrogens (tertiary/aromatic N) is 3. The third-order valence-electron chi connectivity index (χ3n) is 4.09. The second-order valence-corrected chi connectivity index (χ2v) is 6.37. The fourth-order valence-electron chi connectivity index (χ4n) is 3.19. The maximum absolute atomic E-state index is 14.1. The Balaban J connectivity index is 1.98. The van der Waals surface area contributed by atoms with Gasteiger partial charge in [0.05, 0.1) is 5.56 Å². The molecule has 2 heterocycles. The molecule has 0 radical (unpaired) electrons. The van der Waals surface area contributed by atoms with E-state index in [1.165, 1.54) is 10.7 Å². The lowest BCUT2D eigenvalue weighted by Crippen LogP contribution is -2.55. The van der Waals surface area contributed by atoms with E-state index in [1.54, 1.807) is 18.1 Å². The smallest absolute Gasteiger partial charge is 0.257 e. The molecular weight excluding hydrogens is 314 g/mol. The van der Waals surface area contributed by atoms with Crippen molar-refractivity contribution in [3.05, 3.63) is 41.6 Å². The SMILES string of the molecule is CC1CN(C(=O)c2cn(C)nc2-c2ccc(F)cc2F)CC(C)N1. The number of halogens is 2. The average Bonchev–Trinajstić information content (AvgIpc) is 2.87. The minimum absolute atomic E-state index is 0.122. The van der Waals surface area contributed by atoms with Crippen molar-refractivity contribution in [3.8, 4) is 11.3 Å². The fourth-order valence-corrected chi connectivity index (χ4v) is 3.19. The molecule has 128 valence electrons. The fraction of sp³-hybridized carbons (Fsp3) is 0.412. The summed E-state index contributed by atoms with van der Waals surface area (Å²) in [6.45, 7) is 5.17. The molecule has 2 aromatic rings. The summed E-state index contributed by atoms with van der Waals surface area (Å²) >= 11 is 0. The standard InChI is InChI=1S/C17H20F2N4O/c1-10-7-23(8-11(2)20-10)17(24)14-9-22(3)21-16(14)13-5-4-12(18)6-15(13)19/h4-6,9-11,20H,7-8H2,1-3H3. The Labute approximate surface area is 139 Å². The summed E-state index contributed by atoms with van der Waals surface area (Å²) in [7, 11) is 1.67. The Kier molecular flexibility index (Phi) is 4.36. The molecule has 3 rings (SSSR count). The van der Waals surface area contributed by atoms with Crippen LogP contribution in [0.4, 0.5) is 8.78 Å². The van der Waals surface area contributed by atoms with Crippen LogP contribution in [0.2, 0.25) is 0 Å². The van der Waals surface area contributed by atoms with Crippen molar-refractivity contribution in [2.75, 3.05) is 13.1 Å². The van der Waals surface area contributed by atoms with Crippen LogP contribution in [0, 0.1) is 11.6 Å². The minimum atomic E-state index is -0.732. The highest BCUT2D eigenvalue weighted by Gasteiger charge is 2.29. The van der Waals surface area contributed by atoms with E-state index in [1.807, 2.05) is 13.8 Å². The maximum Gasteiger partial charge on any atom is 0.257 e. The first-order valence-electron chi connectivity index (χ1n) is 7.89. The van der Waals surface area contributed by atoms with Crippen molar-refractivity contribution in [2.24, 2.45) is 7.05 Å². The van der Waals surface area contributed by atoms with Gasteiger partial charge >= 0.3 is 0 Å². The van der Waals surface area contributed by atoms with E-state index in [2.05, 4.69) is 10.4 Å². The number of hydrogen-bond donors (Lipinski definition) is 1. The molecule has 1 amide bonds. The molecule has 2 unspecified atom stereocenters. The summed E-state index contributed by atoms with van der Waals surface area (Å²) in [4.78, 5) is 14.7.